The first-order chi connectivity index (χ1) is 11.7. The summed E-state index contributed by atoms with van der Waals surface area (Å²) in [7, 11) is 2.18. The highest BCUT2D eigenvalue weighted by molar-refractivity contribution is 7.10. The van der Waals surface area contributed by atoms with Crippen LogP contribution in [0.4, 0.5) is 4.79 Å². The molecule has 1 aliphatic heterocycles. The molecule has 6 heteroatoms. The van der Waals surface area contributed by atoms with Gasteiger partial charge in [-0.15, -0.1) is 11.3 Å². The smallest absolute Gasteiger partial charge is 0.315 e. The lowest BCUT2D eigenvalue weighted by Crippen LogP contribution is -2.44. The Balaban J connectivity index is 1.51. The van der Waals surface area contributed by atoms with Crippen LogP contribution in [-0.4, -0.2) is 36.1 Å². The van der Waals surface area contributed by atoms with E-state index in [9.17, 15) is 4.79 Å². The summed E-state index contributed by atoms with van der Waals surface area (Å²) in [5.41, 5.74) is 1.00. The molecule has 2 aromatic rings. The standard InChI is InChI=1S/C18H24N4OS/c1-22-9-3-6-15(17(22)16-7-4-10-24-16)13-21-18(23)20-12-14-5-2-8-19-11-14/h2,4-5,7-8,10-11,15,17H,3,6,9,12-13H2,1H3,(H2,20,21,23)/t15-,17+/m0/s1. The van der Waals surface area contributed by atoms with Crippen molar-refractivity contribution in [2.75, 3.05) is 20.1 Å². The third kappa shape index (κ3) is 4.33. The molecule has 24 heavy (non-hydrogen) atoms. The lowest BCUT2D eigenvalue weighted by molar-refractivity contribution is 0.123. The third-order valence-corrected chi connectivity index (χ3v) is 5.49. The molecule has 5 nitrogen and oxygen atoms in total. The number of urea groups is 1. The highest BCUT2D eigenvalue weighted by Crippen LogP contribution is 2.36. The van der Waals surface area contributed by atoms with Gasteiger partial charge in [-0.3, -0.25) is 9.88 Å². The van der Waals surface area contributed by atoms with E-state index in [0.717, 1.165) is 18.5 Å². The number of nitrogens with one attached hydrogen (secondary N) is 2. The number of amides is 2. The van der Waals surface area contributed by atoms with Crippen molar-refractivity contribution in [3.63, 3.8) is 0 Å². The molecule has 3 rings (SSSR count). The summed E-state index contributed by atoms with van der Waals surface area (Å²) >= 11 is 1.80. The van der Waals surface area contributed by atoms with Crippen LogP contribution < -0.4 is 10.6 Å². The minimum atomic E-state index is -0.114. The van der Waals surface area contributed by atoms with Crippen molar-refractivity contribution < 1.29 is 4.79 Å². The molecule has 1 aliphatic rings. The summed E-state index contributed by atoms with van der Waals surface area (Å²) in [6.07, 6.45) is 5.83. The number of pyridine rings is 1. The molecule has 2 aromatic heterocycles. The van der Waals surface area contributed by atoms with Gasteiger partial charge in [-0.1, -0.05) is 12.1 Å². The number of thiophene rings is 1. The maximum Gasteiger partial charge on any atom is 0.315 e. The molecule has 0 aliphatic carbocycles. The average molecular weight is 344 g/mol. The average Bonchev–Trinajstić information content (AvgIpc) is 3.13. The lowest BCUT2D eigenvalue weighted by Gasteiger charge is -2.38. The summed E-state index contributed by atoms with van der Waals surface area (Å²) in [6, 6.07) is 8.42. The summed E-state index contributed by atoms with van der Waals surface area (Å²) < 4.78 is 0. The number of hydrogen-bond acceptors (Lipinski definition) is 4. The molecular formula is C18H24N4OS. The number of aromatic nitrogens is 1. The number of nitrogens with zero attached hydrogens (tertiary/aromatic N) is 2. The van der Waals surface area contributed by atoms with E-state index in [4.69, 9.17) is 0 Å². The van der Waals surface area contributed by atoms with Gasteiger partial charge < -0.3 is 10.6 Å². The minimum Gasteiger partial charge on any atom is -0.338 e. The molecule has 3 heterocycles. The van der Waals surface area contributed by atoms with E-state index in [1.165, 1.54) is 11.3 Å². The molecule has 0 spiro atoms. The van der Waals surface area contributed by atoms with E-state index in [2.05, 4.69) is 45.1 Å². The van der Waals surface area contributed by atoms with Crippen molar-refractivity contribution in [3.05, 3.63) is 52.5 Å². The topological polar surface area (TPSA) is 57.3 Å². The maximum absolute atomic E-state index is 12.1. The molecule has 1 saturated heterocycles. The minimum absolute atomic E-state index is 0.114. The first-order valence-electron chi connectivity index (χ1n) is 8.38. The van der Waals surface area contributed by atoms with E-state index in [1.54, 1.807) is 23.7 Å². The van der Waals surface area contributed by atoms with Crippen LogP contribution in [0.1, 0.15) is 29.3 Å². The predicted octanol–water partition coefficient (Wildman–Crippen LogP) is 3.03. The van der Waals surface area contributed by atoms with Crippen molar-refractivity contribution >= 4 is 17.4 Å². The number of likely N-dealkylation sites (tertiary alicyclic amines) is 1. The Morgan fingerprint density at radius 1 is 1.38 bits per heavy atom. The zero-order chi connectivity index (χ0) is 16.8. The Morgan fingerprint density at radius 3 is 3.04 bits per heavy atom. The highest BCUT2D eigenvalue weighted by Gasteiger charge is 2.31. The van der Waals surface area contributed by atoms with Gasteiger partial charge in [0.1, 0.15) is 0 Å². The van der Waals surface area contributed by atoms with E-state index in [0.29, 0.717) is 25.0 Å². The van der Waals surface area contributed by atoms with Gasteiger partial charge in [0.05, 0.1) is 0 Å². The van der Waals surface area contributed by atoms with Gasteiger partial charge in [-0.25, -0.2) is 4.79 Å². The SMILES string of the molecule is CN1CCC[C@@H](CNC(=O)NCc2cccnc2)[C@@H]1c1cccs1. The van der Waals surface area contributed by atoms with E-state index in [1.807, 2.05) is 12.1 Å². The van der Waals surface area contributed by atoms with Crippen LogP contribution >= 0.6 is 11.3 Å². The first-order valence-corrected chi connectivity index (χ1v) is 9.26. The number of carbonyl (C=O) groups is 1. The third-order valence-electron chi connectivity index (χ3n) is 4.54. The fourth-order valence-electron chi connectivity index (χ4n) is 3.35. The summed E-state index contributed by atoms with van der Waals surface area (Å²) in [5.74, 6) is 0.451. The van der Waals surface area contributed by atoms with Crippen molar-refractivity contribution in [1.29, 1.82) is 0 Å². The number of carbonyl (C=O) groups excluding carboxylic acids is 1. The van der Waals surface area contributed by atoms with Crippen molar-refractivity contribution in [3.8, 4) is 0 Å². The van der Waals surface area contributed by atoms with Gasteiger partial charge in [0.15, 0.2) is 0 Å². The molecule has 0 radical (unpaired) electrons. The number of piperidine rings is 1. The molecule has 128 valence electrons. The van der Waals surface area contributed by atoms with Crippen LogP contribution in [0.3, 0.4) is 0 Å². The second kappa shape index (κ2) is 8.26. The fraction of sp³-hybridized carbons (Fsp3) is 0.444. The van der Waals surface area contributed by atoms with Crippen LogP contribution in [0.2, 0.25) is 0 Å². The molecule has 0 bridgehead atoms. The Kier molecular flexibility index (Phi) is 5.82. The van der Waals surface area contributed by atoms with Crippen molar-refractivity contribution in [2.45, 2.75) is 25.4 Å². The van der Waals surface area contributed by atoms with Crippen LogP contribution in [-0.2, 0) is 6.54 Å². The number of hydrogen-bond donors (Lipinski definition) is 2. The largest absolute Gasteiger partial charge is 0.338 e. The molecule has 0 saturated carbocycles. The van der Waals surface area contributed by atoms with Crippen LogP contribution in [0.25, 0.3) is 0 Å². The molecule has 2 N–H and O–H groups in total. The summed E-state index contributed by atoms with van der Waals surface area (Å²) in [4.78, 5) is 19.9. The predicted molar refractivity (Wildman–Crippen MR) is 96.9 cm³/mol. The van der Waals surface area contributed by atoms with Gasteiger partial charge in [-0.2, -0.15) is 0 Å². The van der Waals surface area contributed by atoms with E-state index in [-0.39, 0.29) is 6.03 Å². The van der Waals surface area contributed by atoms with Gasteiger partial charge in [0.2, 0.25) is 0 Å². The second-order valence-electron chi connectivity index (χ2n) is 6.27. The van der Waals surface area contributed by atoms with Crippen molar-refractivity contribution in [1.82, 2.24) is 20.5 Å². The Hall–Kier alpha value is -1.92. The number of rotatable bonds is 5. The first kappa shape index (κ1) is 16.9. The molecular weight excluding hydrogens is 320 g/mol. The molecule has 0 unspecified atom stereocenters. The quantitative estimate of drug-likeness (QED) is 0.876. The van der Waals surface area contributed by atoms with Crippen molar-refractivity contribution in [2.24, 2.45) is 5.92 Å². The van der Waals surface area contributed by atoms with Gasteiger partial charge in [0.25, 0.3) is 0 Å². The van der Waals surface area contributed by atoms with E-state index >= 15 is 0 Å². The molecule has 1 fully saturated rings. The Labute approximate surface area is 147 Å². The maximum atomic E-state index is 12.1. The molecule has 2 atom stereocenters. The zero-order valence-corrected chi connectivity index (χ0v) is 14.8. The van der Waals surface area contributed by atoms with E-state index < -0.39 is 0 Å². The van der Waals surface area contributed by atoms with Gasteiger partial charge >= 0.3 is 6.03 Å². The Bertz CT molecular complexity index is 632. The van der Waals surface area contributed by atoms with Crippen LogP contribution in [0.5, 0.6) is 0 Å². The Morgan fingerprint density at radius 2 is 2.29 bits per heavy atom. The normalized spacial score (nSPS) is 21.4. The van der Waals surface area contributed by atoms with Gasteiger partial charge in [0, 0.05) is 36.4 Å². The summed E-state index contributed by atoms with van der Waals surface area (Å²) in [5, 5.41) is 8.07. The molecule has 2 amide bonds. The fourth-order valence-corrected chi connectivity index (χ4v) is 4.34. The van der Waals surface area contributed by atoms with Gasteiger partial charge in [-0.05, 0) is 55.4 Å². The second-order valence-corrected chi connectivity index (χ2v) is 7.25. The van der Waals surface area contributed by atoms with Crippen LogP contribution in [0, 0.1) is 5.92 Å². The monoisotopic (exact) mass is 344 g/mol. The lowest BCUT2D eigenvalue weighted by atomic mass is 9.88. The molecule has 0 aromatic carbocycles. The zero-order valence-electron chi connectivity index (χ0n) is 13.9. The summed E-state index contributed by atoms with van der Waals surface area (Å²) in [6.45, 7) is 2.32. The van der Waals surface area contributed by atoms with Crippen LogP contribution in [0.15, 0.2) is 42.0 Å². The highest BCUT2D eigenvalue weighted by atomic mass is 32.1.